The first-order chi connectivity index (χ1) is 17.7. The molecule has 1 unspecified atom stereocenters. The van der Waals surface area contributed by atoms with Crippen LogP contribution in [0.4, 0.5) is 10.5 Å². The Morgan fingerprint density at radius 1 is 1.34 bits per heavy atom. The van der Waals surface area contributed by atoms with Crippen LogP contribution in [-0.4, -0.2) is 77.8 Å². The fourth-order valence-corrected chi connectivity index (χ4v) is 5.70. The molecule has 1 aliphatic rings. The average molecular weight is 554 g/mol. The second-order valence-electron chi connectivity index (χ2n) is 9.81. The molecular formula is C24H35N5O8S. The van der Waals surface area contributed by atoms with Gasteiger partial charge in [0.15, 0.2) is 4.90 Å². The normalized spacial score (nSPS) is 16.6. The Morgan fingerprint density at radius 3 is 2.58 bits per heavy atom. The molecule has 1 saturated heterocycles. The van der Waals surface area contributed by atoms with Crippen molar-refractivity contribution in [3.8, 4) is 0 Å². The number of hydrogen-bond acceptors (Lipinski definition) is 8. The summed E-state index contributed by atoms with van der Waals surface area (Å²) in [5.74, 6) is -1.44. The maximum Gasteiger partial charge on any atom is 0.408 e. The molecule has 0 spiro atoms. The van der Waals surface area contributed by atoms with Crippen LogP contribution in [0.5, 0.6) is 0 Å². The summed E-state index contributed by atoms with van der Waals surface area (Å²) < 4.78 is 33.5. The highest BCUT2D eigenvalue weighted by atomic mass is 32.2. The number of nitrogens with two attached hydrogens (primary N) is 1. The average Bonchev–Trinajstić information content (AvgIpc) is 3.31. The van der Waals surface area contributed by atoms with Crippen molar-refractivity contribution in [1.82, 2.24) is 14.5 Å². The Balaban J connectivity index is 2.51. The summed E-state index contributed by atoms with van der Waals surface area (Å²) in [4.78, 5) is 49.6. The lowest BCUT2D eigenvalue weighted by molar-refractivity contribution is -0.387. The molecule has 1 fully saturated rings. The van der Waals surface area contributed by atoms with E-state index in [-0.39, 0.29) is 13.1 Å². The molecule has 0 bridgehead atoms. The van der Waals surface area contributed by atoms with Crippen molar-refractivity contribution in [2.75, 3.05) is 19.6 Å². The molecule has 1 aromatic carbocycles. The number of likely N-dealkylation sites (tertiary alicyclic amines) is 1. The van der Waals surface area contributed by atoms with Crippen LogP contribution in [0.2, 0.25) is 0 Å². The number of sulfonamides is 1. The van der Waals surface area contributed by atoms with Crippen LogP contribution in [-0.2, 0) is 24.3 Å². The molecule has 0 aromatic heterocycles. The third-order valence-electron chi connectivity index (χ3n) is 5.74. The van der Waals surface area contributed by atoms with Gasteiger partial charge in [-0.25, -0.2) is 13.2 Å². The highest BCUT2D eigenvalue weighted by Crippen LogP contribution is 2.27. The van der Waals surface area contributed by atoms with Gasteiger partial charge in [0.05, 0.1) is 4.92 Å². The summed E-state index contributed by atoms with van der Waals surface area (Å²) in [6.45, 7) is 7.97. The van der Waals surface area contributed by atoms with E-state index >= 15 is 0 Å². The third-order valence-corrected chi connectivity index (χ3v) is 7.65. The van der Waals surface area contributed by atoms with Crippen molar-refractivity contribution in [3.63, 3.8) is 0 Å². The third kappa shape index (κ3) is 7.99. The number of unbranched alkanes of at least 4 members (excludes halogenated alkanes) is 1. The van der Waals surface area contributed by atoms with Crippen LogP contribution in [0.25, 0.3) is 0 Å². The summed E-state index contributed by atoms with van der Waals surface area (Å²) in [7, 11) is -4.51. The van der Waals surface area contributed by atoms with Gasteiger partial charge < -0.3 is 20.7 Å². The quantitative estimate of drug-likeness (QED) is 0.170. The predicted octanol–water partition coefficient (Wildman–Crippen LogP) is 1.92. The van der Waals surface area contributed by atoms with Crippen molar-refractivity contribution >= 4 is 33.6 Å². The number of rotatable bonds is 12. The van der Waals surface area contributed by atoms with E-state index in [1.807, 2.05) is 0 Å². The number of alkyl carbamates (subject to hydrolysis) is 1. The van der Waals surface area contributed by atoms with Gasteiger partial charge in [-0.05, 0) is 52.5 Å². The van der Waals surface area contributed by atoms with Crippen LogP contribution >= 0.6 is 0 Å². The molecule has 0 radical (unpaired) electrons. The SMILES string of the molecule is C=CCCCN(C[C@H](NC(=O)OC(C)(C)C)C(=O)N1CCCC1C(N)=O)S(=O)(=O)c1ccccc1[N+](=O)[O-]. The van der Waals surface area contributed by atoms with E-state index in [0.29, 0.717) is 25.7 Å². The lowest BCUT2D eigenvalue weighted by atomic mass is 10.2. The molecule has 1 aromatic rings. The molecule has 0 aliphatic carbocycles. The minimum atomic E-state index is -4.51. The van der Waals surface area contributed by atoms with Crippen LogP contribution in [0.1, 0.15) is 46.5 Å². The van der Waals surface area contributed by atoms with Gasteiger partial charge in [-0.3, -0.25) is 19.7 Å². The number of allylic oxidation sites excluding steroid dienone is 1. The highest BCUT2D eigenvalue weighted by Gasteiger charge is 2.40. The number of nitro benzene ring substituents is 1. The number of para-hydroxylation sites is 1. The molecule has 0 saturated carbocycles. The molecule has 14 heteroatoms. The topological polar surface area (TPSA) is 182 Å². The van der Waals surface area contributed by atoms with Gasteiger partial charge in [-0.15, -0.1) is 6.58 Å². The van der Waals surface area contributed by atoms with Crippen molar-refractivity contribution in [3.05, 3.63) is 47.0 Å². The van der Waals surface area contributed by atoms with Crippen molar-refractivity contribution < 1.29 is 32.5 Å². The number of carbonyl (C=O) groups excluding carboxylic acids is 3. The minimum Gasteiger partial charge on any atom is -0.444 e. The van der Waals surface area contributed by atoms with E-state index in [2.05, 4.69) is 11.9 Å². The number of amides is 3. The highest BCUT2D eigenvalue weighted by molar-refractivity contribution is 7.89. The first-order valence-electron chi connectivity index (χ1n) is 12.1. The van der Waals surface area contributed by atoms with E-state index in [4.69, 9.17) is 10.5 Å². The van der Waals surface area contributed by atoms with Gasteiger partial charge in [0.2, 0.25) is 21.8 Å². The van der Waals surface area contributed by atoms with Crippen LogP contribution in [0, 0.1) is 10.1 Å². The maximum absolute atomic E-state index is 13.7. The predicted molar refractivity (Wildman–Crippen MR) is 138 cm³/mol. The largest absolute Gasteiger partial charge is 0.444 e. The number of nitro groups is 1. The molecule has 3 N–H and O–H groups in total. The monoisotopic (exact) mass is 553 g/mol. The van der Waals surface area contributed by atoms with Crippen LogP contribution in [0.15, 0.2) is 41.8 Å². The number of hydrogen-bond donors (Lipinski definition) is 2. The fourth-order valence-electron chi connectivity index (χ4n) is 4.05. The zero-order valence-electron chi connectivity index (χ0n) is 21.8. The second-order valence-corrected chi connectivity index (χ2v) is 11.7. The molecule has 1 aliphatic heterocycles. The van der Waals surface area contributed by atoms with Gasteiger partial charge in [-0.1, -0.05) is 18.2 Å². The van der Waals surface area contributed by atoms with Crippen molar-refractivity contribution in [1.29, 1.82) is 0 Å². The number of carbonyl (C=O) groups is 3. The van der Waals surface area contributed by atoms with Gasteiger partial charge in [0, 0.05) is 25.7 Å². The second kappa shape index (κ2) is 12.8. The molecule has 38 heavy (non-hydrogen) atoms. The van der Waals surface area contributed by atoms with Gasteiger partial charge in [0.25, 0.3) is 5.69 Å². The van der Waals surface area contributed by atoms with Crippen LogP contribution in [0.3, 0.4) is 0 Å². The number of nitrogens with one attached hydrogen (secondary N) is 1. The van der Waals surface area contributed by atoms with E-state index in [9.17, 15) is 32.9 Å². The summed E-state index contributed by atoms with van der Waals surface area (Å²) in [5.41, 5.74) is 3.92. The Hall–Kier alpha value is -3.52. The van der Waals surface area contributed by atoms with Gasteiger partial charge >= 0.3 is 6.09 Å². The van der Waals surface area contributed by atoms with Gasteiger partial charge in [-0.2, -0.15) is 4.31 Å². The Morgan fingerprint density at radius 2 is 2.00 bits per heavy atom. The summed E-state index contributed by atoms with van der Waals surface area (Å²) in [6, 6.07) is 2.49. The van der Waals surface area contributed by atoms with Crippen molar-refractivity contribution in [2.24, 2.45) is 5.73 Å². The number of ether oxygens (including phenoxy) is 1. The Kier molecular flexibility index (Phi) is 10.4. The lowest BCUT2D eigenvalue weighted by Gasteiger charge is -2.32. The molecule has 210 valence electrons. The van der Waals surface area contributed by atoms with E-state index in [0.717, 1.165) is 16.4 Å². The summed E-state index contributed by atoms with van der Waals surface area (Å²) in [6.07, 6.45) is 2.16. The Labute approximate surface area is 222 Å². The van der Waals surface area contributed by atoms with Gasteiger partial charge in [0.1, 0.15) is 17.7 Å². The standard InChI is InChI=1S/C24H35N5O8S/c1-5-6-9-14-27(38(35,36)20-13-8-7-11-18(20)29(33)34)16-17(26-23(32)37-24(2,3)4)22(31)28-15-10-12-19(28)21(25)30/h5,7-8,11,13,17,19H,1,6,9-10,12,14-16H2,2-4H3,(H2,25,30)(H,26,32)/t17-,19?/m0/s1. The zero-order valence-corrected chi connectivity index (χ0v) is 22.6. The van der Waals surface area contributed by atoms with Crippen molar-refractivity contribution in [2.45, 2.75) is 69.0 Å². The molecule has 1 heterocycles. The van der Waals surface area contributed by atoms with Crippen LogP contribution < -0.4 is 11.1 Å². The first kappa shape index (κ1) is 30.7. The zero-order chi connectivity index (χ0) is 28.7. The minimum absolute atomic E-state index is 0.126. The van der Waals surface area contributed by atoms with E-state index in [1.165, 1.54) is 17.0 Å². The fraction of sp³-hybridized carbons (Fsp3) is 0.542. The summed E-state index contributed by atoms with van der Waals surface area (Å²) >= 11 is 0. The molecule has 2 atom stereocenters. The molecule has 13 nitrogen and oxygen atoms in total. The lowest BCUT2D eigenvalue weighted by Crippen LogP contribution is -2.57. The molecule has 3 amide bonds. The first-order valence-corrected chi connectivity index (χ1v) is 13.6. The smallest absolute Gasteiger partial charge is 0.408 e. The Bertz CT molecular complexity index is 1160. The number of benzene rings is 1. The number of primary amides is 1. The van der Waals surface area contributed by atoms with E-state index in [1.54, 1.807) is 26.8 Å². The summed E-state index contributed by atoms with van der Waals surface area (Å²) in [5, 5.41) is 14.0. The number of nitrogens with zero attached hydrogens (tertiary/aromatic N) is 3. The maximum atomic E-state index is 13.7. The molecular weight excluding hydrogens is 518 g/mol. The van der Waals surface area contributed by atoms with E-state index < -0.39 is 67.7 Å². The molecule has 2 rings (SSSR count).